The lowest BCUT2D eigenvalue weighted by Gasteiger charge is -2.59. The molecule has 12 heteroatoms. The Labute approximate surface area is 200 Å². The molecule has 35 heavy (non-hydrogen) atoms. The van der Waals surface area contributed by atoms with Crippen molar-refractivity contribution in [3.63, 3.8) is 0 Å². The molecule has 3 heterocycles. The molecule has 0 aromatic carbocycles. The second kappa shape index (κ2) is 8.54. The van der Waals surface area contributed by atoms with Gasteiger partial charge in [-0.25, -0.2) is 9.97 Å². The number of H-pyrrole nitrogens is 1. The van der Waals surface area contributed by atoms with E-state index in [4.69, 9.17) is 4.52 Å². The molecule has 3 aromatic heterocycles. The second-order valence-corrected chi connectivity index (χ2v) is 10.2. The first-order valence-electron chi connectivity index (χ1n) is 12.1. The maximum atomic E-state index is 12.8. The summed E-state index contributed by atoms with van der Waals surface area (Å²) in [6.45, 7) is -0.391. The molecule has 0 saturated heterocycles. The average molecular weight is 484 g/mol. The molecule has 12 nitrogen and oxygen atoms in total. The van der Waals surface area contributed by atoms with Crippen LogP contribution in [0.5, 0.6) is 0 Å². The fraction of sp³-hybridized carbons (Fsp3) is 0.609. The summed E-state index contributed by atoms with van der Waals surface area (Å²) in [5, 5.41) is 36.8. The van der Waals surface area contributed by atoms with E-state index in [-0.39, 0.29) is 49.7 Å². The zero-order chi connectivity index (χ0) is 24.2. The summed E-state index contributed by atoms with van der Waals surface area (Å²) in [5.41, 5.74) is 2.37. The van der Waals surface area contributed by atoms with Gasteiger partial charge in [-0.2, -0.15) is 4.98 Å². The predicted octanol–water partition coefficient (Wildman–Crippen LogP) is 0.786. The van der Waals surface area contributed by atoms with Gasteiger partial charge in [0.05, 0.1) is 36.9 Å². The molecule has 0 spiro atoms. The van der Waals surface area contributed by atoms with E-state index in [0.29, 0.717) is 34.5 Å². The third-order valence-corrected chi connectivity index (χ3v) is 7.94. The van der Waals surface area contributed by atoms with Gasteiger partial charge < -0.3 is 35.0 Å². The molecule has 186 valence electrons. The van der Waals surface area contributed by atoms with Crippen LogP contribution in [0.4, 0.5) is 5.69 Å². The number of nitrogens with zero attached hydrogens (tertiary/aromatic N) is 5. The number of aromatic amines is 1. The Bertz CT molecular complexity index is 1220. The minimum atomic E-state index is -0.540. The molecule has 3 aromatic rings. The SMILES string of the molecule is O=C(c1noc(-c2cnc3[nH]cnc3c2N[C@@]23CC4C[C@H](C2)C(O)[C@@H](C4)C3)n1)N(CCO)CCO. The molecule has 4 saturated carbocycles. The summed E-state index contributed by atoms with van der Waals surface area (Å²) >= 11 is 0. The number of imidazole rings is 1. The number of rotatable bonds is 8. The highest BCUT2D eigenvalue weighted by molar-refractivity contribution is 5.95. The Balaban J connectivity index is 1.35. The van der Waals surface area contributed by atoms with Crippen LogP contribution in [0.3, 0.4) is 0 Å². The van der Waals surface area contributed by atoms with Gasteiger partial charge in [-0.15, -0.1) is 0 Å². The molecule has 4 bridgehead atoms. The van der Waals surface area contributed by atoms with Crippen LogP contribution in [0.25, 0.3) is 22.6 Å². The Morgan fingerprint density at radius 3 is 2.63 bits per heavy atom. The molecule has 4 fully saturated rings. The smallest absolute Gasteiger partial charge is 0.295 e. The number of carbonyl (C=O) groups excluding carboxylic acids is 1. The number of nitrogens with one attached hydrogen (secondary N) is 2. The summed E-state index contributed by atoms with van der Waals surface area (Å²) < 4.78 is 5.49. The van der Waals surface area contributed by atoms with Crippen molar-refractivity contribution in [1.29, 1.82) is 0 Å². The Morgan fingerprint density at radius 2 is 1.91 bits per heavy atom. The molecular formula is C23H29N7O5. The topological polar surface area (TPSA) is 174 Å². The van der Waals surface area contributed by atoms with Gasteiger partial charge >= 0.3 is 0 Å². The van der Waals surface area contributed by atoms with E-state index >= 15 is 0 Å². The lowest BCUT2D eigenvalue weighted by molar-refractivity contribution is -0.0960. The van der Waals surface area contributed by atoms with Gasteiger partial charge in [-0.3, -0.25) is 4.79 Å². The fourth-order valence-electron chi connectivity index (χ4n) is 6.71. The summed E-state index contributed by atoms with van der Waals surface area (Å²) in [6.07, 6.45) is 7.95. The van der Waals surface area contributed by atoms with Crippen molar-refractivity contribution in [2.45, 2.75) is 43.7 Å². The molecular weight excluding hydrogens is 454 g/mol. The van der Waals surface area contributed by atoms with Crippen LogP contribution in [0, 0.1) is 17.8 Å². The van der Waals surface area contributed by atoms with Crippen molar-refractivity contribution in [2.75, 3.05) is 31.6 Å². The number of amides is 1. The van der Waals surface area contributed by atoms with Gasteiger partial charge in [0.25, 0.3) is 17.6 Å². The van der Waals surface area contributed by atoms with Gasteiger partial charge in [0.15, 0.2) is 5.65 Å². The number of carbonyl (C=O) groups is 1. The largest absolute Gasteiger partial charge is 0.395 e. The molecule has 7 rings (SSSR count). The van der Waals surface area contributed by atoms with E-state index in [0.717, 1.165) is 37.8 Å². The van der Waals surface area contributed by atoms with E-state index in [2.05, 4.69) is 30.4 Å². The number of hydrogen-bond donors (Lipinski definition) is 5. The first-order chi connectivity index (χ1) is 17.0. The highest BCUT2D eigenvalue weighted by atomic mass is 16.5. The number of anilines is 1. The lowest BCUT2D eigenvalue weighted by atomic mass is 9.51. The zero-order valence-electron chi connectivity index (χ0n) is 19.2. The maximum absolute atomic E-state index is 12.8. The molecule has 0 aliphatic heterocycles. The van der Waals surface area contributed by atoms with Crippen molar-refractivity contribution in [3.05, 3.63) is 18.3 Å². The number of aromatic nitrogens is 5. The third kappa shape index (κ3) is 3.76. The van der Waals surface area contributed by atoms with E-state index in [1.165, 1.54) is 4.90 Å². The zero-order valence-corrected chi connectivity index (χ0v) is 19.2. The fourth-order valence-corrected chi connectivity index (χ4v) is 6.71. The second-order valence-electron chi connectivity index (χ2n) is 10.2. The van der Waals surface area contributed by atoms with Gasteiger partial charge in [-0.05, 0) is 49.9 Å². The van der Waals surface area contributed by atoms with Crippen LogP contribution >= 0.6 is 0 Å². The van der Waals surface area contributed by atoms with Gasteiger partial charge in [-0.1, -0.05) is 5.16 Å². The summed E-state index contributed by atoms with van der Waals surface area (Å²) in [6, 6.07) is 0. The molecule has 0 radical (unpaired) electrons. The highest BCUT2D eigenvalue weighted by Crippen LogP contribution is 2.57. The van der Waals surface area contributed by atoms with Gasteiger partial charge in [0.1, 0.15) is 5.52 Å². The molecule has 1 amide bonds. The third-order valence-electron chi connectivity index (χ3n) is 7.94. The number of aliphatic hydroxyl groups is 3. The Hall–Kier alpha value is -3.09. The van der Waals surface area contributed by atoms with E-state index in [1.54, 1.807) is 12.5 Å². The number of hydrogen-bond acceptors (Lipinski definition) is 10. The van der Waals surface area contributed by atoms with E-state index in [9.17, 15) is 20.1 Å². The van der Waals surface area contributed by atoms with Gasteiger partial charge in [0.2, 0.25) is 0 Å². The Morgan fingerprint density at radius 1 is 1.17 bits per heavy atom. The quantitative estimate of drug-likeness (QED) is 0.308. The number of fused-ring (bicyclic) bond motifs is 1. The molecule has 2 unspecified atom stereocenters. The van der Waals surface area contributed by atoms with Crippen LogP contribution in [-0.4, -0.2) is 89.2 Å². The Kier molecular flexibility index (Phi) is 5.46. The average Bonchev–Trinajstić information content (AvgIpc) is 3.52. The van der Waals surface area contributed by atoms with Crippen molar-refractivity contribution < 1.29 is 24.6 Å². The predicted molar refractivity (Wildman–Crippen MR) is 123 cm³/mol. The van der Waals surface area contributed by atoms with Crippen molar-refractivity contribution in [3.8, 4) is 11.5 Å². The molecule has 5 atom stereocenters. The summed E-state index contributed by atoms with van der Waals surface area (Å²) in [5.74, 6) is 0.621. The number of pyridine rings is 1. The van der Waals surface area contributed by atoms with Crippen LogP contribution in [0.2, 0.25) is 0 Å². The van der Waals surface area contributed by atoms with E-state index in [1.807, 2.05) is 0 Å². The minimum absolute atomic E-state index is 0.0503. The first kappa shape index (κ1) is 22.4. The normalized spacial score (nSPS) is 29.1. The van der Waals surface area contributed by atoms with E-state index < -0.39 is 5.91 Å². The highest BCUT2D eigenvalue weighted by Gasteiger charge is 2.55. The van der Waals surface area contributed by atoms with Crippen LogP contribution in [0.15, 0.2) is 17.0 Å². The first-order valence-corrected chi connectivity index (χ1v) is 12.1. The van der Waals surface area contributed by atoms with Crippen LogP contribution < -0.4 is 5.32 Å². The van der Waals surface area contributed by atoms with Gasteiger partial charge in [0, 0.05) is 24.8 Å². The standard InChI is InChI=1S/C23H29N7O5/c31-3-1-30(2-4-32)22(34)20-27-21(35-29-20)15-10-24-19-17(25-11-26-19)16(15)28-23-7-12-5-13(8-23)18(33)14(6-12)9-23/h10-14,18,31-33H,1-9H2,(H2,24,25,26,28)/t12?,13-,14+,18?,23+. The molecule has 4 aliphatic rings. The summed E-state index contributed by atoms with van der Waals surface area (Å²) in [4.78, 5) is 30.4. The lowest BCUT2D eigenvalue weighted by Crippen LogP contribution is -2.60. The summed E-state index contributed by atoms with van der Waals surface area (Å²) in [7, 11) is 0. The molecule has 4 aliphatic carbocycles. The minimum Gasteiger partial charge on any atom is -0.395 e. The maximum Gasteiger partial charge on any atom is 0.295 e. The van der Waals surface area contributed by atoms with Crippen molar-refractivity contribution in [2.24, 2.45) is 17.8 Å². The van der Waals surface area contributed by atoms with Crippen molar-refractivity contribution >= 4 is 22.8 Å². The number of aliphatic hydroxyl groups excluding tert-OH is 3. The van der Waals surface area contributed by atoms with Crippen LogP contribution in [0.1, 0.15) is 42.7 Å². The molecule has 5 N–H and O–H groups in total. The van der Waals surface area contributed by atoms with Crippen molar-refractivity contribution in [1.82, 2.24) is 30.0 Å². The monoisotopic (exact) mass is 483 g/mol. The van der Waals surface area contributed by atoms with Crippen LogP contribution in [-0.2, 0) is 0 Å².